The van der Waals surface area contributed by atoms with Gasteiger partial charge in [-0.05, 0) is 61.6 Å². The Morgan fingerprint density at radius 2 is 1.59 bits per heavy atom. The third kappa shape index (κ3) is 7.12. The molecule has 0 radical (unpaired) electrons. The number of hydrazine groups is 1. The van der Waals surface area contributed by atoms with E-state index in [9.17, 15) is 24.0 Å². The number of piperidine rings is 1. The maximum absolute atomic E-state index is 13.3. The monoisotopic (exact) mass is 788 g/mol. The normalized spacial score (nSPS) is 20.0. The number of hydrogen-bond acceptors (Lipinski definition) is 12. The van der Waals surface area contributed by atoms with Crippen LogP contribution in [-0.4, -0.2) is 140 Å². The summed E-state index contributed by atoms with van der Waals surface area (Å²) in [4.78, 5) is 86.5. The Labute approximate surface area is 335 Å². The summed E-state index contributed by atoms with van der Waals surface area (Å²) < 4.78 is 2.11. The van der Waals surface area contributed by atoms with E-state index in [1.807, 2.05) is 24.4 Å². The Kier molecular flexibility index (Phi) is 10.0. The Balaban J connectivity index is 0.764. The van der Waals surface area contributed by atoms with Crippen molar-refractivity contribution in [1.29, 1.82) is 0 Å². The smallest absolute Gasteiger partial charge is 0.343 e. The van der Waals surface area contributed by atoms with Crippen LogP contribution in [0.3, 0.4) is 0 Å². The summed E-state index contributed by atoms with van der Waals surface area (Å²) in [6.45, 7) is 6.23. The number of carbonyl (C=O) groups excluding carboxylic acids is 5. The first-order valence-electron chi connectivity index (χ1n) is 20.3. The van der Waals surface area contributed by atoms with Gasteiger partial charge in [0.05, 0.1) is 29.6 Å². The van der Waals surface area contributed by atoms with Crippen LogP contribution in [0.15, 0.2) is 48.8 Å². The van der Waals surface area contributed by atoms with Crippen LogP contribution in [0, 0.1) is 0 Å². The number of amides is 6. The van der Waals surface area contributed by atoms with Gasteiger partial charge in [-0.2, -0.15) is 9.99 Å². The molecule has 58 heavy (non-hydrogen) atoms. The highest BCUT2D eigenvalue weighted by molar-refractivity contribution is 6.22. The number of pyridine rings is 1. The number of urea groups is 1. The molecule has 0 atom stereocenters. The number of nitrogens with one attached hydrogen (secondary N) is 2. The van der Waals surface area contributed by atoms with E-state index in [0.29, 0.717) is 30.0 Å². The van der Waals surface area contributed by atoms with Crippen LogP contribution in [0.25, 0.3) is 11.0 Å². The molecule has 5 aliphatic rings. The summed E-state index contributed by atoms with van der Waals surface area (Å²) in [6.07, 6.45) is 10.2. The highest BCUT2D eigenvalue weighted by Gasteiger charge is 2.43. The Hall–Kier alpha value is -5.94. The molecule has 0 bridgehead atoms. The number of aromatic nitrogens is 4. The molecule has 4 fully saturated rings. The zero-order valence-corrected chi connectivity index (χ0v) is 32.9. The molecular weight excluding hydrogens is 741 g/mol. The second-order valence-corrected chi connectivity index (χ2v) is 16.1. The van der Waals surface area contributed by atoms with Crippen molar-refractivity contribution in [2.45, 2.75) is 63.6 Å². The van der Waals surface area contributed by atoms with Gasteiger partial charge in [-0.1, -0.05) is 18.9 Å². The largest absolute Gasteiger partial charge is 0.370 e. The minimum atomic E-state index is -0.767. The van der Waals surface area contributed by atoms with Gasteiger partial charge in [-0.3, -0.25) is 34.3 Å². The van der Waals surface area contributed by atoms with E-state index in [4.69, 9.17) is 9.97 Å². The fourth-order valence-electron chi connectivity index (χ4n) is 9.13. The molecule has 1 aliphatic carbocycles. The molecule has 7 heterocycles. The third-order valence-electron chi connectivity index (χ3n) is 12.2. The highest BCUT2D eigenvalue weighted by Crippen LogP contribution is 2.35. The Morgan fingerprint density at radius 3 is 2.29 bits per heavy atom. The van der Waals surface area contributed by atoms with E-state index in [1.165, 1.54) is 0 Å². The van der Waals surface area contributed by atoms with Crippen LogP contribution in [0.1, 0.15) is 87.8 Å². The zero-order valence-electron chi connectivity index (χ0n) is 32.9. The van der Waals surface area contributed by atoms with Gasteiger partial charge in [-0.25, -0.2) is 19.8 Å². The van der Waals surface area contributed by atoms with Crippen molar-refractivity contribution in [3.05, 3.63) is 71.2 Å². The highest BCUT2D eigenvalue weighted by atomic mass is 16.2. The number of nitrogens with zero attached hydrogens (tertiary/aromatic N) is 10. The minimum Gasteiger partial charge on any atom is -0.370 e. The first kappa shape index (κ1) is 37.6. The van der Waals surface area contributed by atoms with Crippen LogP contribution >= 0.6 is 0 Å². The number of anilines is 3. The fraction of sp³-hybridized carbons (Fsp3) is 0.463. The molecule has 3 aromatic heterocycles. The van der Waals surface area contributed by atoms with Crippen LogP contribution < -0.4 is 15.5 Å². The van der Waals surface area contributed by atoms with Gasteiger partial charge >= 0.3 is 6.03 Å². The van der Waals surface area contributed by atoms with E-state index in [1.54, 1.807) is 37.3 Å². The molecule has 3 saturated heterocycles. The lowest BCUT2D eigenvalue weighted by Gasteiger charge is -2.43. The second kappa shape index (κ2) is 15.4. The average Bonchev–Trinajstić information content (AvgIpc) is 3.95. The predicted molar refractivity (Wildman–Crippen MR) is 214 cm³/mol. The van der Waals surface area contributed by atoms with Gasteiger partial charge in [0.15, 0.2) is 0 Å². The van der Waals surface area contributed by atoms with Crippen molar-refractivity contribution in [2.75, 3.05) is 70.1 Å². The van der Waals surface area contributed by atoms with Crippen molar-refractivity contribution in [1.82, 2.24) is 49.6 Å². The molecule has 6 amide bonds. The first-order chi connectivity index (χ1) is 28.1. The van der Waals surface area contributed by atoms with E-state index < -0.39 is 23.8 Å². The summed E-state index contributed by atoms with van der Waals surface area (Å²) >= 11 is 0. The van der Waals surface area contributed by atoms with E-state index in [0.717, 1.165) is 110 Å². The quantitative estimate of drug-likeness (QED) is 0.237. The summed E-state index contributed by atoms with van der Waals surface area (Å²) in [6, 6.07) is 11.3. The number of rotatable bonds is 9. The summed E-state index contributed by atoms with van der Waals surface area (Å²) in [5, 5.41) is 8.17. The van der Waals surface area contributed by atoms with Gasteiger partial charge in [-0.15, -0.1) is 0 Å². The molecule has 1 saturated carbocycles. The number of imide groups is 2. The van der Waals surface area contributed by atoms with Gasteiger partial charge in [0.1, 0.15) is 17.2 Å². The first-order valence-corrected chi connectivity index (χ1v) is 20.3. The van der Waals surface area contributed by atoms with Crippen molar-refractivity contribution in [3.63, 3.8) is 0 Å². The van der Waals surface area contributed by atoms with Crippen molar-refractivity contribution in [3.8, 4) is 0 Å². The average molecular weight is 789 g/mol. The molecule has 17 heteroatoms. The number of hydrogen-bond donors (Lipinski definition) is 2. The topological polar surface area (TPSA) is 172 Å². The molecule has 4 aliphatic heterocycles. The van der Waals surface area contributed by atoms with Gasteiger partial charge < -0.3 is 19.7 Å². The summed E-state index contributed by atoms with van der Waals surface area (Å²) in [5.41, 5.74) is 3.99. The lowest BCUT2D eigenvalue weighted by molar-refractivity contribution is -0.122. The molecule has 4 aromatic rings. The lowest BCUT2D eigenvalue weighted by atomic mass is 10.0. The van der Waals surface area contributed by atoms with E-state index in [2.05, 4.69) is 41.0 Å². The number of benzene rings is 1. The Bertz CT molecular complexity index is 2270. The number of piperazine rings is 1. The van der Waals surface area contributed by atoms with Gasteiger partial charge in [0.2, 0.25) is 11.9 Å². The molecule has 0 unspecified atom stereocenters. The van der Waals surface area contributed by atoms with Crippen molar-refractivity contribution in [2.24, 2.45) is 0 Å². The number of fused-ring (bicyclic) bond motifs is 2. The maximum Gasteiger partial charge on any atom is 0.343 e. The van der Waals surface area contributed by atoms with Crippen LogP contribution in [-0.2, 0) is 11.3 Å². The van der Waals surface area contributed by atoms with Gasteiger partial charge in [0, 0.05) is 90.0 Å². The molecule has 302 valence electrons. The van der Waals surface area contributed by atoms with Gasteiger partial charge in [0.25, 0.3) is 17.7 Å². The third-order valence-corrected chi connectivity index (χ3v) is 12.2. The van der Waals surface area contributed by atoms with Crippen LogP contribution in [0.2, 0.25) is 0 Å². The molecule has 1 aromatic carbocycles. The molecule has 2 N–H and O–H groups in total. The summed E-state index contributed by atoms with van der Waals surface area (Å²) in [7, 11) is 3.55. The zero-order chi connectivity index (χ0) is 40.1. The minimum absolute atomic E-state index is 0.0236. The SMILES string of the molecule is CN(C)C(=O)c1cc2cnc(Nc3ccc(N4CCC(N5CCN(Cc6ccc7c(c6)C(=O)N(N6CCC(=O)NC6=O)C7=O)CC5)CC4)cn3)nc2n1C1CCCC1. The van der Waals surface area contributed by atoms with Crippen LogP contribution in [0.5, 0.6) is 0 Å². The fourth-order valence-corrected chi connectivity index (χ4v) is 9.13. The summed E-state index contributed by atoms with van der Waals surface area (Å²) in [5.74, 6) is -0.454. The molecule has 9 rings (SSSR count). The van der Waals surface area contributed by atoms with Crippen LogP contribution in [0.4, 0.5) is 22.2 Å². The lowest BCUT2D eigenvalue weighted by Crippen LogP contribution is -2.58. The standard InChI is InChI=1S/C41H48N12O5/c1-47(2)39(57)33-22-27-23-43-40(46-36(27)52(33)29-5-3-4-6-29)44-34-10-8-30(24-42-34)49-14-11-28(12-15-49)50-19-17-48(18-20-50)25-26-7-9-31-32(21-26)38(56)53(37(31)55)51-16-13-35(54)45-41(51)58/h7-10,21-24,28-29H,3-6,11-20,25H2,1-2H3,(H,45,54,58)(H,42,43,44,46). The molecule has 0 spiro atoms. The Morgan fingerprint density at radius 1 is 0.828 bits per heavy atom. The van der Waals surface area contributed by atoms with E-state index in [-0.39, 0.29) is 36.0 Å². The van der Waals surface area contributed by atoms with Crippen molar-refractivity contribution < 1.29 is 24.0 Å². The van der Waals surface area contributed by atoms with Crippen molar-refractivity contribution >= 4 is 58.1 Å². The maximum atomic E-state index is 13.3. The number of carbonyl (C=O) groups is 5. The molecular formula is C41H48N12O5. The molecule has 17 nitrogen and oxygen atoms in total. The second-order valence-electron chi connectivity index (χ2n) is 16.1. The predicted octanol–water partition coefficient (Wildman–Crippen LogP) is 3.63. The van der Waals surface area contributed by atoms with E-state index >= 15 is 0 Å².